The molecule has 16 heavy (non-hydrogen) atoms. The summed E-state index contributed by atoms with van der Waals surface area (Å²) in [6.07, 6.45) is 1.81. The highest BCUT2D eigenvalue weighted by atomic mass is 14.9. The minimum atomic E-state index is -0.0594. The van der Waals surface area contributed by atoms with Crippen molar-refractivity contribution in [2.24, 2.45) is 5.73 Å². The number of nitrogens with two attached hydrogens (primary N) is 1. The van der Waals surface area contributed by atoms with Gasteiger partial charge in [-0.1, -0.05) is 30.3 Å². The normalized spacial score (nSPS) is 12.4. The lowest BCUT2D eigenvalue weighted by Gasteiger charge is -2.11. The molecule has 1 heterocycles. The second kappa shape index (κ2) is 4.41. The van der Waals surface area contributed by atoms with Gasteiger partial charge in [0.05, 0.1) is 5.69 Å². The SMILES string of the molecule is Cc1ncc(C(C)N)c(-c2ccccc2)n1. The molecule has 82 valence electrons. The Kier molecular flexibility index (Phi) is 2.97. The van der Waals surface area contributed by atoms with Crippen LogP contribution >= 0.6 is 0 Å². The van der Waals surface area contributed by atoms with Gasteiger partial charge in [-0.2, -0.15) is 0 Å². The second-order valence-corrected chi connectivity index (χ2v) is 3.88. The molecule has 0 amide bonds. The molecule has 1 aromatic heterocycles. The average Bonchev–Trinajstić information content (AvgIpc) is 2.29. The first-order valence-corrected chi connectivity index (χ1v) is 5.33. The molecule has 1 atom stereocenters. The molecule has 0 aliphatic rings. The molecular formula is C13H15N3. The fraction of sp³-hybridized carbons (Fsp3) is 0.231. The van der Waals surface area contributed by atoms with Crippen molar-refractivity contribution in [2.45, 2.75) is 19.9 Å². The molecule has 0 spiro atoms. The molecular weight excluding hydrogens is 198 g/mol. The minimum absolute atomic E-state index is 0.0594. The highest BCUT2D eigenvalue weighted by molar-refractivity contribution is 5.63. The first kappa shape index (κ1) is 10.8. The zero-order valence-corrected chi connectivity index (χ0v) is 9.51. The van der Waals surface area contributed by atoms with Crippen LogP contribution < -0.4 is 5.73 Å². The van der Waals surface area contributed by atoms with Gasteiger partial charge < -0.3 is 5.73 Å². The summed E-state index contributed by atoms with van der Waals surface area (Å²) in [7, 11) is 0. The van der Waals surface area contributed by atoms with E-state index in [-0.39, 0.29) is 6.04 Å². The van der Waals surface area contributed by atoms with Crippen LogP contribution in [0.3, 0.4) is 0 Å². The third-order valence-corrected chi connectivity index (χ3v) is 2.48. The van der Waals surface area contributed by atoms with Crippen LogP contribution in [0.4, 0.5) is 0 Å². The summed E-state index contributed by atoms with van der Waals surface area (Å²) < 4.78 is 0. The quantitative estimate of drug-likeness (QED) is 0.833. The van der Waals surface area contributed by atoms with Gasteiger partial charge in [0.25, 0.3) is 0 Å². The van der Waals surface area contributed by atoms with E-state index in [9.17, 15) is 0 Å². The number of hydrogen-bond donors (Lipinski definition) is 1. The van der Waals surface area contributed by atoms with E-state index in [2.05, 4.69) is 9.97 Å². The topological polar surface area (TPSA) is 51.8 Å². The number of aromatic nitrogens is 2. The monoisotopic (exact) mass is 213 g/mol. The third-order valence-electron chi connectivity index (χ3n) is 2.48. The summed E-state index contributed by atoms with van der Waals surface area (Å²) in [6, 6.07) is 10.00. The predicted octanol–water partition coefficient (Wildman–Crippen LogP) is 2.47. The van der Waals surface area contributed by atoms with Crippen molar-refractivity contribution in [3.05, 3.63) is 47.9 Å². The van der Waals surface area contributed by atoms with E-state index in [1.807, 2.05) is 50.4 Å². The van der Waals surface area contributed by atoms with Gasteiger partial charge in [-0.15, -0.1) is 0 Å². The molecule has 2 aromatic rings. The van der Waals surface area contributed by atoms with Crippen molar-refractivity contribution in [2.75, 3.05) is 0 Å². The Morgan fingerprint density at radius 2 is 1.88 bits per heavy atom. The van der Waals surface area contributed by atoms with E-state index >= 15 is 0 Å². The molecule has 1 unspecified atom stereocenters. The maximum Gasteiger partial charge on any atom is 0.125 e. The molecule has 0 saturated heterocycles. The van der Waals surface area contributed by atoms with Crippen molar-refractivity contribution in [3.8, 4) is 11.3 Å². The van der Waals surface area contributed by atoms with Crippen LogP contribution in [0.5, 0.6) is 0 Å². The highest BCUT2D eigenvalue weighted by Gasteiger charge is 2.10. The molecule has 3 nitrogen and oxygen atoms in total. The predicted molar refractivity (Wildman–Crippen MR) is 64.8 cm³/mol. The summed E-state index contributed by atoms with van der Waals surface area (Å²) >= 11 is 0. The van der Waals surface area contributed by atoms with Crippen LogP contribution in [0.15, 0.2) is 36.5 Å². The van der Waals surface area contributed by atoms with Crippen LogP contribution in [0.2, 0.25) is 0 Å². The molecule has 2 N–H and O–H groups in total. The van der Waals surface area contributed by atoms with Gasteiger partial charge in [0.15, 0.2) is 0 Å². The molecule has 3 heteroatoms. The standard InChI is InChI=1S/C13H15N3/c1-9(14)12-8-15-10(2)16-13(12)11-6-4-3-5-7-11/h3-9H,14H2,1-2H3. The Hall–Kier alpha value is -1.74. The minimum Gasteiger partial charge on any atom is -0.324 e. The van der Waals surface area contributed by atoms with Crippen LogP contribution in [0.25, 0.3) is 11.3 Å². The summed E-state index contributed by atoms with van der Waals surface area (Å²) in [5, 5.41) is 0. The zero-order chi connectivity index (χ0) is 11.5. The van der Waals surface area contributed by atoms with Gasteiger partial charge in [0, 0.05) is 23.4 Å². The van der Waals surface area contributed by atoms with Crippen LogP contribution in [-0.4, -0.2) is 9.97 Å². The van der Waals surface area contributed by atoms with Crippen LogP contribution in [-0.2, 0) is 0 Å². The summed E-state index contributed by atoms with van der Waals surface area (Å²) in [6.45, 7) is 3.83. The molecule has 0 saturated carbocycles. The Labute approximate surface area is 95.4 Å². The average molecular weight is 213 g/mol. The van der Waals surface area contributed by atoms with E-state index in [0.29, 0.717) is 0 Å². The maximum absolute atomic E-state index is 5.92. The van der Waals surface area contributed by atoms with Crippen molar-refractivity contribution in [1.82, 2.24) is 9.97 Å². The lowest BCUT2D eigenvalue weighted by atomic mass is 10.0. The highest BCUT2D eigenvalue weighted by Crippen LogP contribution is 2.24. The molecule has 0 fully saturated rings. The zero-order valence-electron chi connectivity index (χ0n) is 9.51. The molecule has 2 rings (SSSR count). The van der Waals surface area contributed by atoms with Crippen LogP contribution in [0.1, 0.15) is 24.4 Å². The molecule has 0 radical (unpaired) electrons. The van der Waals surface area contributed by atoms with Crippen molar-refractivity contribution >= 4 is 0 Å². The summed E-state index contributed by atoms with van der Waals surface area (Å²) in [5.41, 5.74) is 8.92. The fourth-order valence-corrected chi connectivity index (χ4v) is 1.64. The van der Waals surface area contributed by atoms with E-state index in [0.717, 1.165) is 22.6 Å². The molecule has 0 aliphatic heterocycles. The van der Waals surface area contributed by atoms with Gasteiger partial charge in [0.1, 0.15) is 5.82 Å². The summed E-state index contributed by atoms with van der Waals surface area (Å²) in [5.74, 6) is 0.767. The Morgan fingerprint density at radius 1 is 1.19 bits per heavy atom. The largest absolute Gasteiger partial charge is 0.324 e. The van der Waals surface area contributed by atoms with Crippen molar-refractivity contribution in [1.29, 1.82) is 0 Å². The van der Waals surface area contributed by atoms with E-state index in [1.165, 1.54) is 0 Å². The van der Waals surface area contributed by atoms with Crippen LogP contribution in [0, 0.1) is 6.92 Å². The number of nitrogens with zero attached hydrogens (tertiary/aromatic N) is 2. The number of benzene rings is 1. The lowest BCUT2D eigenvalue weighted by Crippen LogP contribution is -2.09. The summed E-state index contributed by atoms with van der Waals surface area (Å²) in [4.78, 5) is 8.67. The van der Waals surface area contributed by atoms with Gasteiger partial charge >= 0.3 is 0 Å². The van der Waals surface area contributed by atoms with Gasteiger partial charge in [-0.05, 0) is 13.8 Å². The first-order chi connectivity index (χ1) is 7.68. The fourth-order valence-electron chi connectivity index (χ4n) is 1.64. The third kappa shape index (κ3) is 2.09. The lowest BCUT2D eigenvalue weighted by molar-refractivity contribution is 0.800. The molecule has 1 aromatic carbocycles. The van der Waals surface area contributed by atoms with Crippen molar-refractivity contribution in [3.63, 3.8) is 0 Å². The van der Waals surface area contributed by atoms with Gasteiger partial charge in [-0.25, -0.2) is 9.97 Å². The number of aryl methyl sites for hydroxylation is 1. The Balaban J connectivity index is 2.58. The van der Waals surface area contributed by atoms with E-state index < -0.39 is 0 Å². The maximum atomic E-state index is 5.92. The van der Waals surface area contributed by atoms with Gasteiger partial charge in [0.2, 0.25) is 0 Å². The Morgan fingerprint density at radius 3 is 2.50 bits per heavy atom. The first-order valence-electron chi connectivity index (χ1n) is 5.33. The van der Waals surface area contributed by atoms with E-state index in [1.54, 1.807) is 0 Å². The number of hydrogen-bond acceptors (Lipinski definition) is 3. The van der Waals surface area contributed by atoms with Crippen molar-refractivity contribution < 1.29 is 0 Å². The molecule has 0 bridgehead atoms. The van der Waals surface area contributed by atoms with E-state index in [4.69, 9.17) is 5.73 Å². The Bertz CT molecular complexity index is 478. The smallest absolute Gasteiger partial charge is 0.125 e. The molecule has 0 aliphatic carbocycles. The van der Waals surface area contributed by atoms with Gasteiger partial charge in [-0.3, -0.25) is 0 Å². The second-order valence-electron chi connectivity index (χ2n) is 3.88. The number of rotatable bonds is 2.